The second kappa shape index (κ2) is 4.56. The van der Waals surface area contributed by atoms with Crippen LogP contribution in [-0.2, 0) is 5.54 Å². The molecule has 1 heterocycles. The summed E-state index contributed by atoms with van der Waals surface area (Å²) in [5.41, 5.74) is 6.50. The predicted molar refractivity (Wildman–Crippen MR) is 77.3 cm³/mol. The molecular formula is C15H19NOS. The number of benzene rings is 1. The lowest BCUT2D eigenvalue weighted by Crippen LogP contribution is -2.37. The van der Waals surface area contributed by atoms with E-state index in [0.29, 0.717) is 0 Å². The number of hydrogen-bond donors (Lipinski definition) is 1. The molecule has 1 aromatic heterocycles. The van der Waals surface area contributed by atoms with Gasteiger partial charge in [0.25, 0.3) is 0 Å². The van der Waals surface area contributed by atoms with E-state index in [1.165, 1.54) is 34.2 Å². The molecule has 0 aliphatic heterocycles. The van der Waals surface area contributed by atoms with Crippen LogP contribution >= 0.6 is 11.3 Å². The summed E-state index contributed by atoms with van der Waals surface area (Å²) in [6.07, 6.45) is 6.06. The van der Waals surface area contributed by atoms with Crippen molar-refractivity contribution in [3.63, 3.8) is 0 Å². The summed E-state index contributed by atoms with van der Waals surface area (Å²) in [4.78, 5) is 1.32. The zero-order chi connectivity index (χ0) is 12.6. The van der Waals surface area contributed by atoms with Crippen molar-refractivity contribution in [3.05, 3.63) is 29.1 Å². The summed E-state index contributed by atoms with van der Waals surface area (Å²) < 4.78 is 6.66. The molecule has 0 bridgehead atoms. The van der Waals surface area contributed by atoms with E-state index in [2.05, 4.69) is 12.1 Å². The Morgan fingerprint density at radius 2 is 2.00 bits per heavy atom. The van der Waals surface area contributed by atoms with E-state index in [9.17, 15) is 0 Å². The van der Waals surface area contributed by atoms with Crippen molar-refractivity contribution in [2.45, 2.75) is 37.6 Å². The van der Waals surface area contributed by atoms with Crippen molar-refractivity contribution < 1.29 is 4.74 Å². The summed E-state index contributed by atoms with van der Waals surface area (Å²) in [5, 5.41) is 1.25. The Kier molecular flexibility index (Phi) is 3.04. The largest absolute Gasteiger partial charge is 0.495 e. The maximum atomic E-state index is 6.61. The van der Waals surface area contributed by atoms with Gasteiger partial charge < -0.3 is 10.5 Å². The molecule has 1 aliphatic rings. The molecule has 3 heteroatoms. The van der Waals surface area contributed by atoms with Crippen LogP contribution in [0.1, 0.15) is 37.0 Å². The van der Waals surface area contributed by atoms with Crippen LogP contribution in [0, 0.1) is 0 Å². The summed E-state index contributed by atoms with van der Waals surface area (Å²) >= 11 is 1.80. The molecule has 0 atom stereocenters. The van der Waals surface area contributed by atoms with Crippen molar-refractivity contribution >= 4 is 21.4 Å². The smallest absolute Gasteiger partial charge is 0.136 e. The molecule has 0 unspecified atom stereocenters. The van der Waals surface area contributed by atoms with Gasteiger partial charge in [0, 0.05) is 4.88 Å². The van der Waals surface area contributed by atoms with E-state index in [-0.39, 0.29) is 5.54 Å². The monoisotopic (exact) mass is 261 g/mol. The third kappa shape index (κ3) is 1.91. The Hall–Kier alpha value is -1.06. The fourth-order valence-corrected chi connectivity index (χ4v) is 4.18. The van der Waals surface area contributed by atoms with Crippen molar-refractivity contribution in [2.24, 2.45) is 5.73 Å². The van der Waals surface area contributed by atoms with E-state index < -0.39 is 0 Å². The molecule has 0 amide bonds. The molecule has 2 aromatic rings. The van der Waals surface area contributed by atoms with Crippen molar-refractivity contribution in [3.8, 4) is 5.75 Å². The van der Waals surface area contributed by atoms with E-state index in [1.54, 1.807) is 18.4 Å². The first-order valence-electron chi connectivity index (χ1n) is 6.59. The lowest BCUT2D eigenvalue weighted by molar-refractivity contribution is 0.308. The van der Waals surface area contributed by atoms with Crippen LogP contribution in [-0.4, -0.2) is 7.11 Å². The van der Waals surface area contributed by atoms with Crippen LogP contribution < -0.4 is 10.5 Å². The number of hydrogen-bond acceptors (Lipinski definition) is 3. The van der Waals surface area contributed by atoms with Gasteiger partial charge in [0.05, 0.1) is 17.3 Å². The minimum atomic E-state index is -0.104. The Balaban J connectivity index is 2.07. The number of ether oxygens (including phenoxy) is 1. The van der Waals surface area contributed by atoms with Gasteiger partial charge >= 0.3 is 0 Å². The second-order valence-electron chi connectivity index (χ2n) is 5.21. The highest BCUT2D eigenvalue weighted by Crippen LogP contribution is 2.42. The highest BCUT2D eigenvalue weighted by Gasteiger charge is 2.31. The van der Waals surface area contributed by atoms with Gasteiger partial charge in [-0.25, -0.2) is 0 Å². The van der Waals surface area contributed by atoms with Crippen LogP contribution in [0.3, 0.4) is 0 Å². The Morgan fingerprint density at radius 3 is 2.72 bits per heavy atom. The first kappa shape index (κ1) is 12.0. The molecule has 1 aliphatic carbocycles. The first-order chi connectivity index (χ1) is 8.73. The normalized spacial score (nSPS) is 19.0. The molecule has 1 aromatic carbocycles. The van der Waals surface area contributed by atoms with Crippen LogP contribution in [0.2, 0.25) is 0 Å². The number of methoxy groups -OCH3 is 1. The highest BCUT2D eigenvalue weighted by atomic mass is 32.1. The molecular weight excluding hydrogens is 242 g/mol. The quantitative estimate of drug-likeness (QED) is 0.886. The third-order valence-corrected chi connectivity index (χ3v) is 5.35. The molecule has 1 saturated carbocycles. The van der Waals surface area contributed by atoms with Crippen LogP contribution in [0.25, 0.3) is 10.1 Å². The Morgan fingerprint density at radius 1 is 1.22 bits per heavy atom. The number of fused-ring (bicyclic) bond motifs is 1. The fourth-order valence-electron chi connectivity index (χ4n) is 2.87. The van der Waals surface area contributed by atoms with Gasteiger partial charge in [0.15, 0.2) is 0 Å². The average molecular weight is 261 g/mol. The molecule has 2 nitrogen and oxygen atoms in total. The molecule has 0 spiro atoms. The van der Waals surface area contributed by atoms with Crippen molar-refractivity contribution in [1.82, 2.24) is 0 Å². The maximum absolute atomic E-state index is 6.61. The summed E-state index contributed by atoms with van der Waals surface area (Å²) in [6.45, 7) is 0. The second-order valence-corrected chi connectivity index (χ2v) is 6.26. The first-order valence-corrected chi connectivity index (χ1v) is 7.40. The van der Waals surface area contributed by atoms with Gasteiger partial charge in [-0.1, -0.05) is 31.4 Å². The minimum Gasteiger partial charge on any atom is -0.495 e. The van der Waals surface area contributed by atoms with E-state index in [0.717, 1.165) is 18.6 Å². The van der Waals surface area contributed by atoms with E-state index in [1.807, 2.05) is 12.1 Å². The van der Waals surface area contributed by atoms with E-state index in [4.69, 9.17) is 10.5 Å². The zero-order valence-electron chi connectivity index (χ0n) is 10.7. The standard InChI is InChI=1S/C15H19NOS/c1-17-12-7-5-6-11-10-13(18-14(11)12)15(16)8-3-2-4-9-15/h5-7,10H,2-4,8-9,16H2,1H3. The van der Waals surface area contributed by atoms with Crippen molar-refractivity contribution in [2.75, 3.05) is 7.11 Å². The minimum absolute atomic E-state index is 0.104. The number of rotatable bonds is 2. The van der Waals surface area contributed by atoms with Gasteiger partial charge in [0.1, 0.15) is 5.75 Å². The van der Waals surface area contributed by atoms with Crippen LogP contribution in [0.15, 0.2) is 24.3 Å². The third-order valence-electron chi connectivity index (χ3n) is 3.96. The Labute approximate surface area is 112 Å². The highest BCUT2D eigenvalue weighted by molar-refractivity contribution is 7.19. The molecule has 2 N–H and O–H groups in total. The van der Waals surface area contributed by atoms with Crippen LogP contribution in [0.4, 0.5) is 0 Å². The molecule has 0 radical (unpaired) electrons. The van der Waals surface area contributed by atoms with Gasteiger partial charge in [-0.2, -0.15) is 0 Å². The molecule has 18 heavy (non-hydrogen) atoms. The number of thiophene rings is 1. The lowest BCUT2D eigenvalue weighted by atomic mass is 9.81. The molecule has 1 fully saturated rings. The predicted octanol–water partition coefficient (Wildman–Crippen LogP) is 4.03. The van der Waals surface area contributed by atoms with Crippen LogP contribution in [0.5, 0.6) is 5.75 Å². The SMILES string of the molecule is COc1cccc2cc(C3(N)CCCCC3)sc12. The fraction of sp³-hybridized carbons (Fsp3) is 0.467. The lowest BCUT2D eigenvalue weighted by Gasteiger charge is -2.32. The summed E-state index contributed by atoms with van der Waals surface area (Å²) in [6, 6.07) is 8.46. The Bertz CT molecular complexity index is 555. The zero-order valence-corrected chi connectivity index (χ0v) is 11.6. The molecule has 96 valence electrons. The maximum Gasteiger partial charge on any atom is 0.136 e. The van der Waals surface area contributed by atoms with Gasteiger partial charge in [-0.05, 0) is 30.4 Å². The molecule has 0 saturated heterocycles. The summed E-state index contributed by atoms with van der Waals surface area (Å²) in [5.74, 6) is 0.961. The summed E-state index contributed by atoms with van der Waals surface area (Å²) in [7, 11) is 1.73. The average Bonchev–Trinajstić information content (AvgIpc) is 2.84. The van der Waals surface area contributed by atoms with Crippen molar-refractivity contribution in [1.29, 1.82) is 0 Å². The molecule has 3 rings (SSSR count). The van der Waals surface area contributed by atoms with E-state index >= 15 is 0 Å². The topological polar surface area (TPSA) is 35.2 Å². The van der Waals surface area contributed by atoms with Gasteiger partial charge in [0.2, 0.25) is 0 Å². The van der Waals surface area contributed by atoms with Gasteiger partial charge in [-0.15, -0.1) is 11.3 Å². The van der Waals surface area contributed by atoms with Gasteiger partial charge in [-0.3, -0.25) is 0 Å². The number of nitrogens with two attached hydrogens (primary N) is 1.